The lowest BCUT2D eigenvalue weighted by molar-refractivity contribution is 1.09. The quantitative estimate of drug-likeness (QED) is 0.664. The summed E-state index contributed by atoms with van der Waals surface area (Å²) in [4.78, 5) is 1.22. The maximum Gasteiger partial charge on any atom is 0.0573 e. The molecule has 5 heteroatoms. The zero-order chi connectivity index (χ0) is 11.1. The summed E-state index contributed by atoms with van der Waals surface area (Å²) >= 11 is 8.90. The molecule has 0 unspecified atom stereocenters. The van der Waals surface area contributed by atoms with E-state index in [2.05, 4.69) is 60.3 Å². The highest BCUT2D eigenvalue weighted by Crippen LogP contribution is 2.40. The molecule has 0 aliphatic heterocycles. The van der Waals surface area contributed by atoms with Crippen molar-refractivity contribution in [3.05, 3.63) is 39.5 Å². The van der Waals surface area contributed by atoms with Gasteiger partial charge >= 0.3 is 0 Å². The van der Waals surface area contributed by atoms with Gasteiger partial charge in [-0.15, -0.1) is 11.3 Å². The lowest BCUT2D eigenvalue weighted by Gasteiger charge is -1.94. The van der Waals surface area contributed by atoms with Crippen molar-refractivity contribution in [2.24, 2.45) is 0 Å². The second kappa shape index (κ2) is 3.98. The van der Waals surface area contributed by atoms with Crippen LogP contribution >= 0.6 is 43.2 Å². The maximum atomic E-state index is 3.97. The van der Waals surface area contributed by atoms with Gasteiger partial charge in [0.25, 0.3) is 0 Å². The van der Waals surface area contributed by atoms with Gasteiger partial charge in [0, 0.05) is 31.0 Å². The molecule has 80 valence electrons. The number of halogens is 2. The molecule has 1 aromatic carbocycles. The van der Waals surface area contributed by atoms with Crippen molar-refractivity contribution in [1.29, 1.82) is 0 Å². The molecular weight excluding hydrogens is 352 g/mol. The molecule has 2 aromatic heterocycles. The van der Waals surface area contributed by atoms with Crippen molar-refractivity contribution in [2.45, 2.75) is 0 Å². The molecule has 0 aliphatic carbocycles. The second-order valence-electron chi connectivity index (χ2n) is 3.37. The normalized spacial score (nSPS) is 11.1. The van der Waals surface area contributed by atoms with Gasteiger partial charge in [-0.2, -0.15) is 5.10 Å². The fraction of sp³-hybridized carbons (Fsp3) is 0. The number of nitrogens with zero attached hydrogens (tertiary/aromatic N) is 1. The van der Waals surface area contributed by atoms with E-state index in [9.17, 15) is 0 Å². The second-order valence-corrected chi connectivity index (χ2v) is 6.13. The summed E-state index contributed by atoms with van der Waals surface area (Å²) in [6.45, 7) is 0. The summed E-state index contributed by atoms with van der Waals surface area (Å²) in [5, 5.41) is 8.04. The third-order valence-electron chi connectivity index (χ3n) is 2.37. The summed E-state index contributed by atoms with van der Waals surface area (Å²) in [6, 6.07) is 6.29. The minimum atomic E-state index is 1.12. The van der Waals surface area contributed by atoms with Crippen LogP contribution in [0, 0.1) is 0 Å². The first kappa shape index (κ1) is 10.5. The third kappa shape index (κ3) is 1.63. The summed E-state index contributed by atoms with van der Waals surface area (Å²) in [5.41, 5.74) is 1.13. The van der Waals surface area contributed by atoms with E-state index in [4.69, 9.17) is 0 Å². The van der Waals surface area contributed by atoms with Gasteiger partial charge in [0.1, 0.15) is 0 Å². The first-order valence-electron chi connectivity index (χ1n) is 4.62. The van der Waals surface area contributed by atoms with E-state index in [0.29, 0.717) is 0 Å². The van der Waals surface area contributed by atoms with Crippen LogP contribution in [0.2, 0.25) is 0 Å². The van der Waals surface area contributed by atoms with Crippen LogP contribution in [0.15, 0.2) is 39.5 Å². The van der Waals surface area contributed by atoms with Gasteiger partial charge < -0.3 is 0 Å². The third-order valence-corrected chi connectivity index (χ3v) is 5.20. The molecule has 3 aromatic rings. The van der Waals surface area contributed by atoms with Crippen LogP contribution in [-0.2, 0) is 0 Å². The Balaban J connectivity index is 2.31. The molecular formula is C11H6Br2N2S. The van der Waals surface area contributed by atoms with Crippen LogP contribution in [0.1, 0.15) is 0 Å². The Labute approximate surface area is 113 Å². The molecule has 3 rings (SSSR count). The van der Waals surface area contributed by atoms with E-state index >= 15 is 0 Å². The monoisotopic (exact) mass is 356 g/mol. The zero-order valence-corrected chi connectivity index (χ0v) is 12.0. The number of thiophene rings is 1. The summed E-state index contributed by atoms with van der Waals surface area (Å²) in [6.07, 6.45) is 3.75. The van der Waals surface area contributed by atoms with Gasteiger partial charge in [-0.1, -0.05) is 15.9 Å². The fourth-order valence-electron chi connectivity index (χ4n) is 1.59. The Morgan fingerprint density at radius 1 is 1.19 bits per heavy atom. The number of aromatic amines is 1. The highest BCUT2D eigenvalue weighted by atomic mass is 79.9. The molecule has 0 aliphatic rings. The van der Waals surface area contributed by atoms with Crippen molar-refractivity contribution in [3.63, 3.8) is 0 Å². The van der Waals surface area contributed by atoms with E-state index in [0.717, 1.165) is 14.5 Å². The summed E-state index contributed by atoms with van der Waals surface area (Å²) in [5.74, 6) is 0. The lowest BCUT2D eigenvalue weighted by atomic mass is 10.2. The lowest BCUT2D eigenvalue weighted by Crippen LogP contribution is -1.67. The highest BCUT2D eigenvalue weighted by Gasteiger charge is 2.09. The number of aromatic nitrogens is 2. The van der Waals surface area contributed by atoms with Crippen LogP contribution in [0.25, 0.3) is 20.5 Å². The van der Waals surface area contributed by atoms with Crippen molar-refractivity contribution >= 4 is 53.3 Å². The standard InChI is InChI=1S/C11H6Br2N2S/c12-8-1-2-9(13)11-7(8)3-10(16-11)6-4-14-15-5-6/h1-5H,(H,14,15). The molecule has 0 atom stereocenters. The number of benzene rings is 1. The van der Waals surface area contributed by atoms with Gasteiger partial charge in [0.2, 0.25) is 0 Å². The van der Waals surface area contributed by atoms with E-state index in [1.165, 1.54) is 15.0 Å². The molecule has 0 fully saturated rings. The Morgan fingerprint density at radius 2 is 2.00 bits per heavy atom. The maximum absolute atomic E-state index is 3.97. The molecule has 1 N–H and O–H groups in total. The Bertz CT molecular complexity index is 604. The van der Waals surface area contributed by atoms with Crippen LogP contribution < -0.4 is 0 Å². The average molecular weight is 358 g/mol. The molecule has 0 saturated heterocycles. The number of hydrogen-bond donors (Lipinski definition) is 1. The van der Waals surface area contributed by atoms with Crippen LogP contribution in [-0.4, -0.2) is 10.2 Å². The fourth-order valence-corrected chi connectivity index (χ4v) is 3.82. The largest absolute Gasteiger partial charge is 0.285 e. The van der Waals surface area contributed by atoms with Crippen LogP contribution in [0.3, 0.4) is 0 Å². The van der Waals surface area contributed by atoms with Crippen molar-refractivity contribution < 1.29 is 0 Å². The van der Waals surface area contributed by atoms with Gasteiger partial charge in [-0.3, -0.25) is 5.10 Å². The number of rotatable bonds is 1. The van der Waals surface area contributed by atoms with Gasteiger partial charge in [0.05, 0.1) is 10.9 Å². The smallest absolute Gasteiger partial charge is 0.0573 e. The molecule has 0 radical (unpaired) electrons. The number of H-pyrrole nitrogens is 1. The summed E-state index contributed by atoms with van der Waals surface area (Å²) < 4.78 is 3.51. The van der Waals surface area contributed by atoms with Crippen molar-refractivity contribution in [3.8, 4) is 10.4 Å². The number of hydrogen-bond acceptors (Lipinski definition) is 2. The van der Waals surface area contributed by atoms with E-state index < -0.39 is 0 Å². The molecule has 0 amide bonds. The zero-order valence-electron chi connectivity index (χ0n) is 8.00. The molecule has 2 nitrogen and oxygen atoms in total. The van der Waals surface area contributed by atoms with Gasteiger partial charge in [-0.25, -0.2) is 0 Å². The van der Waals surface area contributed by atoms with Crippen LogP contribution in [0.4, 0.5) is 0 Å². The van der Waals surface area contributed by atoms with Crippen molar-refractivity contribution in [1.82, 2.24) is 10.2 Å². The number of nitrogens with one attached hydrogen (secondary N) is 1. The first-order valence-corrected chi connectivity index (χ1v) is 7.02. The first-order chi connectivity index (χ1) is 7.75. The topological polar surface area (TPSA) is 28.7 Å². The Morgan fingerprint density at radius 3 is 2.69 bits per heavy atom. The highest BCUT2D eigenvalue weighted by molar-refractivity contribution is 9.11. The Hall–Kier alpha value is -0.650. The predicted molar refractivity (Wildman–Crippen MR) is 74.8 cm³/mol. The average Bonchev–Trinajstić information content (AvgIpc) is 2.90. The molecule has 2 heterocycles. The molecule has 16 heavy (non-hydrogen) atoms. The number of fused-ring (bicyclic) bond motifs is 1. The minimum absolute atomic E-state index is 1.12. The molecule has 0 spiro atoms. The van der Waals surface area contributed by atoms with Crippen molar-refractivity contribution in [2.75, 3.05) is 0 Å². The SMILES string of the molecule is Brc1ccc(Br)c2sc(-c3cn[nH]c3)cc12. The Kier molecular flexibility index (Phi) is 2.61. The molecule has 0 bridgehead atoms. The minimum Gasteiger partial charge on any atom is -0.285 e. The van der Waals surface area contributed by atoms with Crippen LogP contribution in [0.5, 0.6) is 0 Å². The van der Waals surface area contributed by atoms with E-state index in [-0.39, 0.29) is 0 Å². The molecule has 0 saturated carbocycles. The van der Waals surface area contributed by atoms with Gasteiger partial charge in [0.15, 0.2) is 0 Å². The van der Waals surface area contributed by atoms with E-state index in [1.54, 1.807) is 11.3 Å². The summed E-state index contributed by atoms with van der Waals surface area (Å²) in [7, 11) is 0. The van der Waals surface area contributed by atoms with E-state index in [1.807, 2.05) is 12.4 Å². The predicted octanol–water partition coefficient (Wildman–Crippen LogP) is 4.82. The van der Waals surface area contributed by atoms with Gasteiger partial charge in [-0.05, 0) is 34.1 Å².